The summed E-state index contributed by atoms with van der Waals surface area (Å²) >= 11 is 5.87. The van der Waals surface area contributed by atoms with E-state index in [2.05, 4.69) is 10.3 Å². The van der Waals surface area contributed by atoms with Crippen LogP contribution in [0.4, 0.5) is 5.69 Å². The Bertz CT molecular complexity index is 784. The number of carboxylic acid groups (broad SMARTS) is 1. The normalized spacial score (nSPS) is 10.1. The summed E-state index contributed by atoms with van der Waals surface area (Å²) in [6, 6.07) is 5.86. The number of anilines is 1. The number of carbonyl (C=O) groups excluding carboxylic acids is 1. The van der Waals surface area contributed by atoms with E-state index in [0.717, 1.165) is 12.1 Å². The smallest absolute Gasteiger partial charge is 0.335 e. The van der Waals surface area contributed by atoms with Gasteiger partial charge in [0, 0.05) is 12.1 Å². The fourth-order valence-corrected chi connectivity index (χ4v) is 1.77. The summed E-state index contributed by atoms with van der Waals surface area (Å²) in [5.41, 5.74) is -0.705. The van der Waals surface area contributed by atoms with Crippen LogP contribution in [0.1, 0.15) is 20.7 Å². The largest absolute Gasteiger partial charge is 0.494 e. The second kappa shape index (κ2) is 5.68. The maximum atomic E-state index is 12.0. The highest BCUT2D eigenvalue weighted by atomic mass is 35.5. The molecule has 0 unspecified atom stereocenters. The molecular weight excluding hydrogens is 300 g/mol. The molecule has 0 saturated carbocycles. The topological polar surface area (TPSA) is 119 Å². The Morgan fingerprint density at radius 1 is 1.14 bits per heavy atom. The molecular formula is C13H9ClN2O5. The molecule has 2 aromatic rings. The molecule has 0 saturated heterocycles. The molecule has 0 spiro atoms. The number of benzene rings is 1. The van der Waals surface area contributed by atoms with E-state index < -0.39 is 23.3 Å². The number of aromatic carboxylic acids is 1. The summed E-state index contributed by atoms with van der Waals surface area (Å²) in [4.78, 5) is 36.1. The first-order chi connectivity index (χ1) is 9.86. The van der Waals surface area contributed by atoms with Crippen LogP contribution in [0.5, 0.6) is 5.88 Å². The number of halogens is 1. The number of carbonyl (C=O) groups is 2. The lowest BCUT2D eigenvalue weighted by molar-refractivity contribution is 0.0696. The molecule has 0 aliphatic rings. The van der Waals surface area contributed by atoms with Crippen LogP contribution in [0.2, 0.25) is 5.02 Å². The molecule has 0 bridgehead atoms. The summed E-state index contributed by atoms with van der Waals surface area (Å²) in [6.45, 7) is 0. The molecule has 2 rings (SSSR count). The number of hydrogen-bond acceptors (Lipinski definition) is 4. The minimum atomic E-state index is -1.17. The van der Waals surface area contributed by atoms with Gasteiger partial charge in [-0.25, -0.2) is 4.79 Å². The molecule has 1 amide bonds. The van der Waals surface area contributed by atoms with Gasteiger partial charge < -0.3 is 15.5 Å². The lowest BCUT2D eigenvalue weighted by Gasteiger charge is -2.08. The van der Waals surface area contributed by atoms with Crippen LogP contribution in [0.25, 0.3) is 0 Å². The number of rotatable bonds is 3. The molecule has 0 aliphatic carbocycles. The van der Waals surface area contributed by atoms with Crippen molar-refractivity contribution in [1.82, 2.24) is 4.98 Å². The number of aromatic amines is 1. The van der Waals surface area contributed by atoms with Crippen molar-refractivity contribution in [2.75, 3.05) is 5.32 Å². The standard InChI is InChI=1S/C13H9ClN2O5/c14-8-2-1-6(13(20)21)3-9(8)15-12(19)7-4-10(17)16-11(18)5-7/h1-5H,(H,15,19)(H,20,21)(H2,16,17,18). The third-order valence-corrected chi connectivity index (χ3v) is 2.88. The number of carboxylic acids is 1. The van der Waals surface area contributed by atoms with Gasteiger partial charge in [-0.2, -0.15) is 0 Å². The SMILES string of the molecule is O=C(O)c1ccc(Cl)c(NC(=O)c2cc(O)[nH]c(=O)c2)c1. The second-order valence-corrected chi connectivity index (χ2v) is 4.48. The molecule has 1 aromatic carbocycles. The minimum Gasteiger partial charge on any atom is -0.494 e. The zero-order valence-electron chi connectivity index (χ0n) is 10.4. The first-order valence-corrected chi connectivity index (χ1v) is 6.02. The number of aromatic nitrogens is 1. The summed E-state index contributed by atoms with van der Waals surface area (Å²) in [5.74, 6) is -2.34. The van der Waals surface area contributed by atoms with E-state index in [4.69, 9.17) is 16.7 Å². The highest BCUT2D eigenvalue weighted by molar-refractivity contribution is 6.34. The van der Waals surface area contributed by atoms with E-state index in [9.17, 15) is 19.5 Å². The van der Waals surface area contributed by atoms with Crippen LogP contribution in [-0.4, -0.2) is 27.1 Å². The molecule has 0 atom stereocenters. The van der Waals surface area contributed by atoms with E-state index in [0.29, 0.717) is 0 Å². The highest BCUT2D eigenvalue weighted by Gasteiger charge is 2.12. The number of aromatic hydroxyl groups is 1. The number of H-pyrrole nitrogens is 1. The van der Waals surface area contributed by atoms with Crippen molar-refractivity contribution in [1.29, 1.82) is 0 Å². The van der Waals surface area contributed by atoms with Crippen molar-refractivity contribution >= 4 is 29.2 Å². The van der Waals surface area contributed by atoms with Crippen LogP contribution < -0.4 is 10.9 Å². The fraction of sp³-hybridized carbons (Fsp3) is 0. The quantitative estimate of drug-likeness (QED) is 0.687. The van der Waals surface area contributed by atoms with Crippen molar-refractivity contribution in [3.8, 4) is 5.88 Å². The molecule has 7 nitrogen and oxygen atoms in total. The third-order valence-electron chi connectivity index (χ3n) is 2.55. The fourth-order valence-electron chi connectivity index (χ4n) is 1.61. The monoisotopic (exact) mass is 308 g/mol. The molecule has 108 valence electrons. The lowest BCUT2D eigenvalue weighted by Crippen LogP contribution is -2.16. The van der Waals surface area contributed by atoms with E-state index in [1.165, 1.54) is 18.2 Å². The number of hydrogen-bond donors (Lipinski definition) is 4. The first-order valence-electron chi connectivity index (χ1n) is 5.64. The zero-order chi connectivity index (χ0) is 15.6. The maximum Gasteiger partial charge on any atom is 0.335 e. The van der Waals surface area contributed by atoms with Crippen LogP contribution >= 0.6 is 11.6 Å². The molecule has 0 radical (unpaired) electrons. The predicted octanol–water partition coefficient (Wildman–Crippen LogP) is 1.68. The Balaban J connectivity index is 2.33. The van der Waals surface area contributed by atoms with Crippen molar-refractivity contribution < 1.29 is 19.8 Å². The Hall–Kier alpha value is -2.80. The Kier molecular flexibility index (Phi) is 3.95. The van der Waals surface area contributed by atoms with Crippen molar-refractivity contribution in [2.24, 2.45) is 0 Å². The Morgan fingerprint density at radius 3 is 2.48 bits per heavy atom. The second-order valence-electron chi connectivity index (χ2n) is 4.07. The van der Waals surface area contributed by atoms with Crippen molar-refractivity contribution in [3.05, 3.63) is 56.8 Å². The van der Waals surface area contributed by atoms with Gasteiger partial charge in [-0.3, -0.25) is 14.6 Å². The molecule has 8 heteroatoms. The van der Waals surface area contributed by atoms with Gasteiger partial charge in [0.05, 0.1) is 21.8 Å². The molecule has 1 heterocycles. The van der Waals surface area contributed by atoms with Gasteiger partial charge >= 0.3 is 5.97 Å². The molecule has 4 N–H and O–H groups in total. The van der Waals surface area contributed by atoms with Crippen LogP contribution in [0, 0.1) is 0 Å². The van der Waals surface area contributed by atoms with E-state index in [-0.39, 0.29) is 21.8 Å². The van der Waals surface area contributed by atoms with Gasteiger partial charge in [0.25, 0.3) is 11.5 Å². The summed E-state index contributed by atoms with van der Waals surface area (Å²) in [6.07, 6.45) is 0. The number of amides is 1. The molecule has 0 aliphatic heterocycles. The predicted molar refractivity (Wildman–Crippen MR) is 75.1 cm³/mol. The van der Waals surface area contributed by atoms with Gasteiger partial charge in [-0.1, -0.05) is 11.6 Å². The Morgan fingerprint density at radius 2 is 1.86 bits per heavy atom. The highest BCUT2D eigenvalue weighted by Crippen LogP contribution is 2.23. The van der Waals surface area contributed by atoms with Gasteiger partial charge in [0.1, 0.15) is 0 Å². The van der Waals surface area contributed by atoms with E-state index in [1.54, 1.807) is 0 Å². The number of pyridine rings is 1. The van der Waals surface area contributed by atoms with Crippen molar-refractivity contribution in [2.45, 2.75) is 0 Å². The molecule has 1 aromatic heterocycles. The van der Waals surface area contributed by atoms with Crippen LogP contribution in [0.3, 0.4) is 0 Å². The average Bonchev–Trinajstić information content (AvgIpc) is 2.39. The lowest BCUT2D eigenvalue weighted by atomic mass is 10.2. The Labute approximate surface area is 122 Å². The van der Waals surface area contributed by atoms with Crippen LogP contribution in [-0.2, 0) is 0 Å². The number of nitrogens with one attached hydrogen (secondary N) is 2. The molecule has 0 fully saturated rings. The summed E-state index contributed by atoms with van der Waals surface area (Å²) < 4.78 is 0. The first kappa shape index (κ1) is 14.6. The summed E-state index contributed by atoms with van der Waals surface area (Å²) in [5, 5.41) is 20.7. The zero-order valence-corrected chi connectivity index (χ0v) is 11.1. The van der Waals surface area contributed by atoms with Crippen molar-refractivity contribution in [3.63, 3.8) is 0 Å². The maximum absolute atomic E-state index is 12.0. The van der Waals surface area contributed by atoms with Gasteiger partial charge in [-0.15, -0.1) is 0 Å². The average molecular weight is 309 g/mol. The summed E-state index contributed by atoms with van der Waals surface area (Å²) in [7, 11) is 0. The van der Waals surface area contributed by atoms with Gasteiger partial charge in [0.2, 0.25) is 0 Å². The van der Waals surface area contributed by atoms with E-state index in [1.807, 2.05) is 0 Å². The third kappa shape index (κ3) is 3.40. The van der Waals surface area contributed by atoms with E-state index >= 15 is 0 Å². The van der Waals surface area contributed by atoms with Gasteiger partial charge in [-0.05, 0) is 18.2 Å². The van der Waals surface area contributed by atoms with Gasteiger partial charge in [0.15, 0.2) is 5.88 Å². The van der Waals surface area contributed by atoms with Crippen LogP contribution in [0.15, 0.2) is 35.1 Å². The molecule has 21 heavy (non-hydrogen) atoms. The minimum absolute atomic E-state index is 0.0524.